The number of H-pyrrole nitrogens is 4. The van der Waals surface area contributed by atoms with Gasteiger partial charge in [-0.1, -0.05) is 86.6 Å². The Bertz CT molecular complexity index is 7370. The predicted octanol–water partition coefficient (Wildman–Crippen LogP) is 18.6. The Labute approximate surface area is 722 Å². The summed E-state index contributed by atoms with van der Waals surface area (Å²) < 4.78 is 74.5. The van der Waals surface area contributed by atoms with Crippen LogP contribution >= 0.6 is 0 Å². The van der Waals surface area contributed by atoms with Crippen LogP contribution in [0.15, 0.2) is 257 Å². The van der Waals surface area contributed by atoms with Gasteiger partial charge in [0.15, 0.2) is 22.6 Å². The number of amides is 1. The molecule has 0 saturated carbocycles. The lowest BCUT2D eigenvalue weighted by Gasteiger charge is -2.26. The second kappa shape index (κ2) is 36.5. The van der Waals surface area contributed by atoms with Crippen LogP contribution in [-0.2, 0) is 31.9 Å². The summed E-state index contributed by atoms with van der Waals surface area (Å²) in [7, 11) is 0. The number of piperidine rings is 1. The van der Waals surface area contributed by atoms with Gasteiger partial charge in [-0.15, -0.1) is 0 Å². The van der Waals surface area contributed by atoms with E-state index < -0.39 is 23.4 Å². The maximum absolute atomic E-state index is 14.0. The molecule has 16 aromatic heterocycles. The SMILES string of the molecule is CC(C)c1cnn2c(NCCc3c[nH]c4ccccc34)cc(-c3cccnc3)nc12.Fc1cncc(-c2cc(NCCc3c[nH]c4ccccc34)n3ncc(C(F)(F)F)c3n2)c1.N#Cc1cncc(-c2cc(NCCc3c[nH]c4ccccc34)n3nccc3n2)c1.O=C(c1cnn2c(NCCc3c[nH]c4ccccc34)cc(-c3cncc(F)c3)nc12)N1CCCCC1. The first-order valence-electron chi connectivity index (χ1n) is 41.6. The molecule has 1 amide bonds. The van der Waals surface area contributed by atoms with Gasteiger partial charge in [-0.05, 0) is 128 Å². The third kappa shape index (κ3) is 18.0. The number of aromatic amines is 4. The Morgan fingerprint density at radius 3 is 1.34 bits per heavy atom. The Morgan fingerprint density at radius 1 is 0.433 bits per heavy atom. The molecule has 21 rings (SSSR count). The monoisotopic (exact) mass is 1700 g/mol. The molecule has 0 bridgehead atoms. The number of nitriles is 1. The molecule has 0 unspecified atom stereocenters. The number of carbonyl (C=O) groups is 1. The van der Waals surface area contributed by atoms with E-state index in [9.17, 15) is 26.7 Å². The summed E-state index contributed by atoms with van der Waals surface area (Å²) in [6.45, 7) is 8.42. The van der Waals surface area contributed by atoms with Crippen molar-refractivity contribution in [3.8, 4) is 51.1 Å². The first-order chi connectivity index (χ1) is 62.1. The molecule has 634 valence electrons. The summed E-state index contributed by atoms with van der Waals surface area (Å²) in [5, 5.41) is 45.0. The second-order valence-electron chi connectivity index (χ2n) is 30.9. The summed E-state index contributed by atoms with van der Waals surface area (Å²) in [4.78, 5) is 62.9. The van der Waals surface area contributed by atoms with Crippen LogP contribution in [0.25, 0.3) is 111 Å². The molecule has 20 aromatic rings. The Balaban J connectivity index is 0.000000115. The van der Waals surface area contributed by atoms with Crippen LogP contribution in [0.1, 0.15) is 88.3 Å². The average molecular weight is 1700 g/mol. The van der Waals surface area contributed by atoms with Crippen molar-refractivity contribution in [1.82, 2.24) is 103 Å². The largest absolute Gasteiger partial charge is 0.421 e. The predicted molar refractivity (Wildman–Crippen MR) is 480 cm³/mol. The van der Waals surface area contributed by atoms with Crippen molar-refractivity contribution < 1.29 is 26.7 Å². The average Bonchev–Trinajstić information content (AvgIpc) is 1.64. The number of hydrogen-bond donors (Lipinski definition) is 8. The number of para-hydroxylation sites is 4. The van der Waals surface area contributed by atoms with Gasteiger partial charge >= 0.3 is 6.18 Å². The number of aromatic nitrogens is 20. The van der Waals surface area contributed by atoms with Gasteiger partial charge in [-0.25, -0.2) is 28.7 Å². The quantitative estimate of drug-likeness (QED) is 0.0292. The molecule has 4 aromatic carbocycles. The number of carbonyl (C=O) groups excluding carboxylic acids is 1. The van der Waals surface area contributed by atoms with Crippen molar-refractivity contribution in [2.75, 3.05) is 60.5 Å². The third-order valence-corrected chi connectivity index (χ3v) is 22.2. The number of fused-ring (bicyclic) bond motifs is 8. The number of halogens is 5. The van der Waals surface area contributed by atoms with Gasteiger partial charge in [0.1, 0.15) is 52.1 Å². The Hall–Kier alpha value is -16.1. The van der Waals surface area contributed by atoms with Crippen LogP contribution in [-0.4, -0.2) is 148 Å². The van der Waals surface area contributed by atoms with Crippen LogP contribution < -0.4 is 21.3 Å². The van der Waals surface area contributed by atoms with Crippen LogP contribution in [0.5, 0.6) is 0 Å². The normalized spacial score (nSPS) is 12.2. The summed E-state index contributed by atoms with van der Waals surface area (Å²) in [5.41, 5.74) is 17.0. The Morgan fingerprint density at radius 2 is 0.858 bits per heavy atom. The van der Waals surface area contributed by atoms with Crippen molar-refractivity contribution in [2.24, 2.45) is 0 Å². The van der Waals surface area contributed by atoms with Gasteiger partial charge in [-0.2, -0.15) is 56.9 Å². The number of rotatable bonds is 22. The minimum absolute atomic E-state index is 0.0727. The summed E-state index contributed by atoms with van der Waals surface area (Å²) in [5.74, 6) is 1.99. The third-order valence-electron chi connectivity index (χ3n) is 22.2. The molecule has 0 atom stereocenters. The first-order valence-corrected chi connectivity index (χ1v) is 41.6. The highest BCUT2D eigenvalue weighted by molar-refractivity contribution is 6.00. The standard InChI is InChI=1S/C27H26FN7O.C24H24N6.C22H16F4N6.C22H17N7/c28-20-12-19(14-29-16-20)24-13-25(30-9-8-18-15-31-23-7-3-2-6-21(18)23)35-26(33-24)22(17-32-35)27(36)34-10-4-1-5-11-34;1-16(2)20-15-28-30-23(12-22(29-24(20)30)18-6-5-10-25-13-18)26-11-9-17-14-27-21-8-4-3-7-19(17)21;23-15-7-14(9-27-11-15)19-8-20(32-21(31-19)17(12-30-32)22(24,25)26)28-6-5-13-10-29-18-4-2-1-3-16(13)18;23-11-15-9-17(13-24-12-15)20-10-22(29-21(28-20)6-8-27-29)25-7-5-16-14-26-19-4-2-1-3-18(16)19/h2-3,6-7,12-17,30-31H,1,4-5,8-11H2;3-8,10,12-16,26-27H,9,11H2,1-2H3;1-4,7-12,28-29H,5-6H2;1-4,6,8-10,12-14,25-26H,5,7H2. The van der Waals surface area contributed by atoms with E-state index in [1.54, 1.807) is 52.3 Å². The topological polar surface area (TPSA) is 328 Å². The fraction of sp³-hybridized carbons (Fsp3) is 0.179. The highest BCUT2D eigenvalue weighted by Crippen LogP contribution is 2.36. The highest BCUT2D eigenvalue weighted by atomic mass is 19.4. The molecule has 32 heteroatoms. The fourth-order valence-electron chi connectivity index (χ4n) is 15.9. The van der Waals surface area contributed by atoms with Crippen molar-refractivity contribution in [2.45, 2.75) is 70.9 Å². The van der Waals surface area contributed by atoms with Crippen molar-refractivity contribution in [3.63, 3.8) is 0 Å². The van der Waals surface area contributed by atoms with Gasteiger partial charge in [0.2, 0.25) is 0 Å². The van der Waals surface area contributed by atoms with Crippen LogP contribution in [0.4, 0.5) is 45.2 Å². The maximum Gasteiger partial charge on any atom is 0.421 e. The summed E-state index contributed by atoms with van der Waals surface area (Å²) in [6, 6.07) is 52.4. The van der Waals surface area contributed by atoms with Gasteiger partial charge in [0, 0.05) is 203 Å². The molecular formula is C95H83F5N26O. The van der Waals surface area contributed by atoms with E-state index in [0.29, 0.717) is 65.1 Å². The molecule has 1 saturated heterocycles. The molecule has 0 radical (unpaired) electrons. The number of nitrogens with one attached hydrogen (secondary N) is 8. The molecule has 0 spiro atoms. The van der Waals surface area contributed by atoms with Crippen LogP contribution in [0.2, 0.25) is 0 Å². The van der Waals surface area contributed by atoms with Crippen molar-refractivity contribution in [1.29, 1.82) is 5.26 Å². The molecule has 8 N–H and O–H groups in total. The van der Waals surface area contributed by atoms with E-state index in [2.05, 4.69) is 184 Å². The van der Waals surface area contributed by atoms with E-state index >= 15 is 0 Å². The van der Waals surface area contributed by atoms with E-state index in [-0.39, 0.29) is 22.8 Å². The minimum atomic E-state index is -4.63. The number of anilines is 4. The molecule has 1 aliphatic heterocycles. The van der Waals surface area contributed by atoms with E-state index in [1.165, 1.54) is 62.8 Å². The second-order valence-corrected chi connectivity index (χ2v) is 30.9. The smallest absolute Gasteiger partial charge is 0.370 e. The zero-order valence-electron chi connectivity index (χ0n) is 68.9. The van der Waals surface area contributed by atoms with Gasteiger partial charge < -0.3 is 46.1 Å². The lowest BCUT2D eigenvalue weighted by Crippen LogP contribution is -2.35. The number of likely N-dealkylation sites (tertiary alicyclic amines) is 1. The number of hydrogen-bond acceptors (Lipinski definition) is 18. The molecule has 0 aliphatic carbocycles. The lowest BCUT2D eigenvalue weighted by atomic mass is 10.1. The highest BCUT2D eigenvalue weighted by Gasteiger charge is 2.36. The van der Waals surface area contributed by atoms with Crippen molar-refractivity contribution >= 4 is 95.4 Å². The summed E-state index contributed by atoms with van der Waals surface area (Å²) >= 11 is 0. The zero-order chi connectivity index (χ0) is 86.9. The fourth-order valence-corrected chi connectivity index (χ4v) is 15.9. The molecular weight excluding hydrogens is 1620 g/mol. The Kier molecular flexibility index (Phi) is 23.6. The number of pyridine rings is 4. The molecule has 1 fully saturated rings. The van der Waals surface area contributed by atoms with Crippen LogP contribution in [0, 0.1) is 23.0 Å². The number of benzene rings is 4. The minimum Gasteiger partial charge on any atom is -0.370 e. The maximum atomic E-state index is 14.0. The number of nitrogens with zero attached hydrogens (tertiary/aromatic N) is 18. The van der Waals surface area contributed by atoms with Crippen molar-refractivity contribution in [3.05, 3.63) is 313 Å². The van der Waals surface area contributed by atoms with Gasteiger partial charge in [0.05, 0.1) is 65.5 Å². The van der Waals surface area contributed by atoms with E-state index in [1.807, 2.05) is 107 Å². The molecule has 27 nitrogen and oxygen atoms in total. The lowest BCUT2D eigenvalue weighted by molar-refractivity contribution is -0.136. The van der Waals surface area contributed by atoms with Gasteiger partial charge in [-0.3, -0.25) is 24.7 Å². The van der Waals surface area contributed by atoms with Gasteiger partial charge in [0.25, 0.3) is 5.91 Å². The summed E-state index contributed by atoms with van der Waals surface area (Å²) in [6.07, 6.45) is 27.7. The number of alkyl halides is 3. The molecule has 17 heterocycles. The van der Waals surface area contributed by atoms with Crippen LogP contribution in [0.3, 0.4) is 0 Å². The zero-order valence-corrected chi connectivity index (χ0v) is 68.9. The van der Waals surface area contributed by atoms with E-state index in [0.717, 1.165) is 166 Å². The molecule has 127 heavy (non-hydrogen) atoms. The van der Waals surface area contributed by atoms with E-state index in [4.69, 9.17) is 15.2 Å². The molecule has 1 aliphatic rings. The first kappa shape index (κ1) is 81.9.